The van der Waals surface area contributed by atoms with Gasteiger partial charge in [-0.25, -0.2) is 17.2 Å². The van der Waals surface area contributed by atoms with Crippen molar-refractivity contribution in [3.05, 3.63) is 23.8 Å². The Kier molecular flexibility index (Phi) is 4.14. The van der Waals surface area contributed by atoms with Crippen LogP contribution in [0.5, 0.6) is 5.75 Å². The average molecular weight is 326 g/mol. The van der Waals surface area contributed by atoms with Gasteiger partial charge in [-0.15, -0.1) is 0 Å². The molecule has 0 spiro atoms. The maximum Gasteiger partial charge on any atom is 0.261 e. The summed E-state index contributed by atoms with van der Waals surface area (Å²) in [6.45, 7) is -0.558. The maximum absolute atomic E-state index is 13.5. The topological polar surface area (TPSA) is 72.5 Å². The van der Waals surface area contributed by atoms with Crippen molar-refractivity contribution in [2.75, 3.05) is 6.61 Å². The van der Waals surface area contributed by atoms with E-state index < -0.39 is 43.8 Å². The van der Waals surface area contributed by atoms with Gasteiger partial charge >= 0.3 is 0 Å². The van der Waals surface area contributed by atoms with Gasteiger partial charge in [0.2, 0.25) is 0 Å². The van der Waals surface area contributed by atoms with Crippen LogP contribution in [-0.4, -0.2) is 27.0 Å². The molecule has 0 unspecified atom stereocenters. The molecule has 1 saturated carbocycles. The first-order valence-corrected chi connectivity index (χ1v) is 7.94. The summed E-state index contributed by atoms with van der Waals surface area (Å²) >= 11 is 0. The summed E-state index contributed by atoms with van der Waals surface area (Å²) in [5.74, 6) is -3.81. The van der Waals surface area contributed by atoms with Crippen LogP contribution in [0.1, 0.15) is 12.8 Å². The summed E-state index contributed by atoms with van der Waals surface area (Å²) < 4.78 is 53.8. The molecule has 1 aliphatic rings. The zero-order valence-electron chi connectivity index (χ0n) is 10.0. The van der Waals surface area contributed by atoms with Crippen LogP contribution in [0, 0.1) is 11.6 Å². The summed E-state index contributed by atoms with van der Waals surface area (Å²) in [5.41, 5.74) is 0. The van der Waals surface area contributed by atoms with E-state index in [1.807, 2.05) is 0 Å². The molecule has 0 saturated heterocycles. The fourth-order valence-electron chi connectivity index (χ4n) is 1.45. The lowest BCUT2D eigenvalue weighted by Crippen LogP contribution is -2.30. The lowest BCUT2D eigenvalue weighted by atomic mass is 10.3. The number of carbonyl (C=O) groups is 1. The molecule has 0 aliphatic heterocycles. The molecule has 2 rings (SSSR count). The molecule has 1 aromatic carbocycles. The summed E-state index contributed by atoms with van der Waals surface area (Å²) in [6.07, 6.45) is 1.74. The van der Waals surface area contributed by atoms with E-state index >= 15 is 0 Å². The van der Waals surface area contributed by atoms with Crippen molar-refractivity contribution in [1.82, 2.24) is 5.32 Å². The molecule has 1 aromatic rings. The van der Waals surface area contributed by atoms with Gasteiger partial charge in [0.1, 0.15) is 0 Å². The minimum Gasteiger partial charge on any atom is -0.478 e. The normalized spacial score (nSPS) is 14.9. The van der Waals surface area contributed by atoms with Crippen LogP contribution in [0.4, 0.5) is 8.78 Å². The standard InChI is InChI=1S/C11H10ClF2NO4S/c12-20(17,18)7-3-8(13)11(9(14)4-7)19-5-10(16)15-6-1-2-6/h3-4,6H,1-2,5H2,(H,15,16). The fourth-order valence-corrected chi connectivity index (χ4v) is 2.21. The number of amides is 1. The van der Waals surface area contributed by atoms with E-state index in [2.05, 4.69) is 5.32 Å². The second-order valence-electron chi connectivity index (χ2n) is 4.28. The second kappa shape index (κ2) is 5.53. The summed E-state index contributed by atoms with van der Waals surface area (Å²) in [5, 5.41) is 2.57. The molecule has 0 atom stereocenters. The van der Waals surface area contributed by atoms with E-state index in [-0.39, 0.29) is 6.04 Å². The number of hydrogen-bond donors (Lipinski definition) is 1. The fraction of sp³-hybridized carbons (Fsp3) is 0.364. The van der Waals surface area contributed by atoms with Crippen molar-refractivity contribution in [3.63, 3.8) is 0 Å². The van der Waals surface area contributed by atoms with Crippen molar-refractivity contribution in [3.8, 4) is 5.75 Å². The first kappa shape index (κ1) is 15.0. The van der Waals surface area contributed by atoms with Crippen molar-refractivity contribution in [2.45, 2.75) is 23.8 Å². The van der Waals surface area contributed by atoms with Gasteiger partial charge in [-0.2, -0.15) is 0 Å². The number of nitrogens with one attached hydrogen (secondary N) is 1. The van der Waals surface area contributed by atoms with Gasteiger partial charge in [-0.3, -0.25) is 4.79 Å². The number of carbonyl (C=O) groups excluding carboxylic acids is 1. The molecule has 0 bridgehead atoms. The quantitative estimate of drug-likeness (QED) is 0.834. The van der Waals surface area contributed by atoms with Crippen molar-refractivity contribution in [2.24, 2.45) is 0 Å². The number of hydrogen-bond acceptors (Lipinski definition) is 4. The summed E-state index contributed by atoms with van der Waals surface area (Å²) in [4.78, 5) is 10.6. The Labute approximate surface area is 118 Å². The third kappa shape index (κ3) is 3.80. The highest BCUT2D eigenvalue weighted by atomic mass is 35.7. The van der Waals surface area contributed by atoms with E-state index in [0.29, 0.717) is 12.1 Å². The molecule has 1 N–H and O–H groups in total. The van der Waals surface area contributed by atoms with Crippen LogP contribution < -0.4 is 10.1 Å². The van der Waals surface area contributed by atoms with Gasteiger partial charge in [-0.1, -0.05) is 0 Å². The summed E-state index contributed by atoms with van der Waals surface area (Å²) in [7, 11) is 0.734. The number of halogens is 3. The Balaban J connectivity index is 2.09. The maximum atomic E-state index is 13.5. The van der Waals surface area contributed by atoms with Crippen molar-refractivity contribution < 1.29 is 26.7 Å². The molecule has 0 aromatic heterocycles. The molecule has 1 fully saturated rings. The van der Waals surface area contributed by atoms with E-state index in [9.17, 15) is 22.0 Å². The third-order valence-corrected chi connectivity index (χ3v) is 3.88. The van der Waals surface area contributed by atoms with E-state index in [0.717, 1.165) is 12.8 Å². The Hall–Kier alpha value is -1.41. The third-order valence-electron chi connectivity index (χ3n) is 2.54. The number of rotatable bonds is 5. The highest BCUT2D eigenvalue weighted by Gasteiger charge is 2.24. The Bertz CT molecular complexity index is 623. The molecular weight excluding hydrogens is 316 g/mol. The smallest absolute Gasteiger partial charge is 0.261 e. The molecule has 0 heterocycles. The Morgan fingerprint density at radius 3 is 2.35 bits per heavy atom. The minimum absolute atomic E-state index is 0.101. The highest BCUT2D eigenvalue weighted by Crippen LogP contribution is 2.27. The molecule has 110 valence electrons. The molecule has 20 heavy (non-hydrogen) atoms. The lowest BCUT2D eigenvalue weighted by molar-refractivity contribution is -0.123. The molecule has 5 nitrogen and oxygen atoms in total. The minimum atomic E-state index is -4.25. The van der Waals surface area contributed by atoms with Gasteiger partial charge in [0.05, 0.1) is 4.90 Å². The zero-order valence-corrected chi connectivity index (χ0v) is 11.6. The molecule has 0 radical (unpaired) electrons. The average Bonchev–Trinajstić information content (AvgIpc) is 3.10. The second-order valence-corrected chi connectivity index (χ2v) is 6.85. The molecule has 1 amide bonds. The van der Waals surface area contributed by atoms with Crippen LogP contribution in [-0.2, 0) is 13.8 Å². The van der Waals surface area contributed by atoms with Gasteiger partial charge in [0, 0.05) is 16.7 Å². The van der Waals surface area contributed by atoms with Gasteiger partial charge < -0.3 is 10.1 Å². The van der Waals surface area contributed by atoms with Crippen molar-refractivity contribution in [1.29, 1.82) is 0 Å². The van der Waals surface area contributed by atoms with Gasteiger partial charge in [-0.05, 0) is 25.0 Å². The predicted octanol–water partition coefficient (Wildman–Crippen LogP) is 1.55. The largest absolute Gasteiger partial charge is 0.478 e. The first-order valence-electron chi connectivity index (χ1n) is 5.63. The monoisotopic (exact) mass is 325 g/mol. The molecule has 1 aliphatic carbocycles. The number of ether oxygens (including phenoxy) is 1. The van der Waals surface area contributed by atoms with Gasteiger partial charge in [0.25, 0.3) is 15.0 Å². The Morgan fingerprint density at radius 2 is 1.90 bits per heavy atom. The van der Waals surface area contributed by atoms with Crippen LogP contribution in [0.25, 0.3) is 0 Å². The van der Waals surface area contributed by atoms with E-state index in [1.54, 1.807) is 0 Å². The highest BCUT2D eigenvalue weighted by molar-refractivity contribution is 8.13. The molecule has 9 heteroatoms. The molecular formula is C11H10ClF2NO4S. The first-order chi connectivity index (χ1) is 9.27. The van der Waals surface area contributed by atoms with E-state index in [4.69, 9.17) is 15.4 Å². The van der Waals surface area contributed by atoms with Crippen LogP contribution in [0.15, 0.2) is 17.0 Å². The predicted molar refractivity (Wildman–Crippen MR) is 66.1 cm³/mol. The van der Waals surface area contributed by atoms with Crippen LogP contribution in [0.3, 0.4) is 0 Å². The zero-order chi connectivity index (χ0) is 14.9. The SMILES string of the molecule is O=C(COc1c(F)cc(S(=O)(=O)Cl)cc1F)NC1CC1. The van der Waals surface area contributed by atoms with Crippen LogP contribution >= 0.6 is 10.7 Å². The lowest BCUT2D eigenvalue weighted by Gasteiger charge is -2.09. The Morgan fingerprint density at radius 1 is 1.35 bits per heavy atom. The van der Waals surface area contributed by atoms with Crippen LogP contribution in [0.2, 0.25) is 0 Å². The summed E-state index contributed by atoms with van der Waals surface area (Å²) in [6, 6.07) is 1.16. The number of benzene rings is 1. The van der Waals surface area contributed by atoms with Crippen molar-refractivity contribution >= 4 is 25.6 Å². The van der Waals surface area contributed by atoms with E-state index in [1.165, 1.54) is 0 Å². The van der Waals surface area contributed by atoms with Gasteiger partial charge in [0.15, 0.2) is 24.0 Å².